The lowest BCUT2D eigenvalue weighted by Crippen LogP contribution is -2.23. The molecule has 116 valence electrons. The zero-order valence-electron chi connectivity index (χ0n) is 13.3. The number of benzene rings is 1. The highest BCUT2D eigenvalue weighted by atomic mass is 16.5. The van der Waals surface area contributed by atoms with Gasteiger partial charge in [0.2, 0.25) is 0 Å². The fourth-order valence-electron chi connectivity index (χ4n) is 2.10. The SMILES string of the molecule is CCN(CC)CCCCCOC(=O)C=Cc1ccccc1. The molecule has 0 spiro atoms. The maximum absolute atomic E-state index is 11.5. The molecule has 0 radical (unpaired) electrons. The van der Waals surface area contributed by atoms with Crippen LogP contribution in [0, 0.1) is 0 Å². The van der Waals surface area contributed by atoms with Crippen LogP contribution in [0.15, 0.2) is 36.4 Å². The summed E-state index contributed by atoms with van der Waals surface area (Å²) < 4.78 is 5.18. The first-order valence-corrected chi connectivity index (χ1v) is 7.88. The third-order valence-corrected chi connectivity index (χ3v) is 3.47. The fourth-order valence-corrected chi connectivity index (χ4v) is 2.10. The van der Waals surface area contributed by atoms with Gasteiger partial charge >= 0.3 is 5.97 Å². The van der Waals surface area contributed by atoms with Crippen molar-refractivity contribution in [1.82, 2.24) is 4.90 Å². The van der Waals surface area contributed by atoms with Crippen LogP contribution < -0.4 is 0 Å². The summed E-state index contributed by atoms with van der Waals surface area (Å²) in [5.74, 6) is -0.261. The first kappa shape index (κ1) is 17.4. The number of hydrogen-bond acceptors (Lipinski definition) is 3. The largest absolute Gasteiger partial charge is 0.463 e. The van der Waals surface area contributed by atoms with Gasteiger partial charge in [0.25, 0.3) is 0 Å². The highest BCUT2D eigenvalue weighted by molar-refractivity contribution is 5.86. The van der Waals surface area contributed by atoms with Crippen LogP contribution in [0.4, 0.5) is 0 Å². The number of unbranched alkanes of at least 4 members (excludes halogenated alkanes) is 2. The molecule has 0 amide bonds. The first-order valence-electron chi connectivity index (χ1n) is 7.88. The number of ether oxygens (including phenoxy) is 1. The third-order valence-electron chi connectivity index (χ3n) is 3.47. The molecule has 21 heavy (non-hydrogen) atoms. The number of esters is 1. The zero-order chi connectivity index (χ0) is 15.3. The van der Waals surface area contributed by atoms with Gasteiger partial charge in [0.05, 0.1) is 6.61 Å². The molecular formula is C18H27NO2. The van der Waals surface area contributed by atoms with Gasteiger partial charge in [-0.2, -0.15) is 0 Å². The van der Waals surface area contributed by atoms with E-state index in [2.05, 4.69) is 18.7 Å². The van der Waals surface area contributed by atoms with E-state index < -0.39 is 0 Å². The van der Waals surface area contributed by atoms with Crippen molar-refractivity contribution in [3.05, 3.63) is 42.0 Å². The van der Waals surface area contributed by atoms with Gasteiger partial charge in [-0.05, 0) is 50.5 Å². The molecule has 0 N–H and O–H groups in total. The Kier molecular flexibility index (Phi) is 9.21. The van der Waals surface area contributed by atoms with E-state index in [1.165, 1.54) is 12.5 Å². The van der Waals surface area contributed by atoms with Crippen molar-refractivity contribution in [2.75, 3.05) is 26.2 Å². The molecule has 0 aliphatic heterocycles. The van der Waals surface area contributed by atoms with Crippen molar-refractivity contribution in [2.45, 2.75) is 33.1 Å². The molecule has 1 aromatic carbocycles. The minimum absolute atomic E-state index is 0.261. The number of nitrogens with zero attached hydrogens (tertiary/aromatic N) is 1. The van der Waals surface area contributed by atoms with Gasteiger partial charge in [-0.3, -0.25) is 0 Å². The van der Waals surface area contributed by atoms with Crippen LogP contribution in [0.25, 0.3) is 6.08 Å². The van der Waals surface area contributed by atoms with Crippen molar-refractivity contribution in [3.8, 4) is 0 Å². The molecule has 0 bridgehead atoms. The minimum atomic E-state index is -0.261. The van der Waals surface area contributed by atoms with Crippen LogP contribution in [0.1, 0.15) is 38.7 Å². The number of rotatable bonds is 10. The minimum Gasteiger partial charge on any atom is -0.463 e. The summed E-state index contributed by atoms with van der Waals surface area (Å²) in [4.78, 5) is 13.9. The molecular weight excluding hydrogens is 262 g/mol. The Morgan fingerprint density at radius 1 is 1.10 bits per heavy atom. The third kappa shape index (κ3) is 8.30. The van der Waals surface area contributed by atoms with Gasteiger partial charge in [-0.1, -0.05) is 44.2 Å². The maximum Gasteiger partial charge on any atom is 0.330 e. The summed E-state index contributed by atoms with van der Waals surface area (Å²) in [7, 11) is 0. The lowest BCUT2D eigenvalue weighted by atomic mass is 10.2. The molecule has 0 saturated carbocycles. The van der Waals surface area contributed by atoms with Crippen molar-refractivity contribution in [1.29, 1.82) is 0 Å². The molecule has 0 atom stereocenters. The Hall–Kier alpha value is -1.61. The van der Waals surface area contributed by atoms with E-state index in [-0.39, 0.29) is 5.97 Å². The molecule has 3 heteroatoms. The number of carbonyl (C=O) groups excluding carboxylic acids is 1. The van der Waals surface area contributed by atoms with Gasteiger partial charge < -0.3 is 9.64 Å². The number of carbonyl (C=O) groups is 1. The molecule has 0 aliphatic carbocycles. The summed E-state index contributed by atoms with van der Waals surface area (Å²) in [6, 6.07) is 9.75. The van der Waals surface area contributed by atoms with Crippen molar-refractivity contribution in [2.24, 2.45) is 0 Å². The molecule has 0 unspecified atom stereocenters. The second-order valence-corrected chi connectivity index (χ2v) is 5.00. The predicted octanol–water partition coefficient (Wildman–Crippen LogP) is 3.76. The Bertz CT molecular complexity index is 410. The Balaban J connectivity index is 2.07. The second kappa shape index (κ2) is 11.1. The molecule has 1 aromatic rings. The van der Waals surface area contributed by atoms with Crippen LogP contribution in [-0.2, 0) is 9.53 Å². The van der Waals surface area contributed by atoms with Gasteiger partial charge in [-0.15, -0.1) is 0 Å². The predicted molar refractivity (Wildman–Crippen MR) is 88.1 cm³/mol. The van der Waals surface area contributed by atoms with Crippen LogP contribution in [0.3, 0.4) is 0 Å². The molecule has 0 fully saturated rings. The maximum atomic E-state index is 11.5. The van der Waals surface area contributed by atoms with Crippen molar-refractivity contribution in [3.63, 3.8) is 0 Å². The second-order valence-electron chi connectivity index (χ2n) is 5.00. The molecule has 3 nitrogen and oxygen atoms in total. The zero-order valence-corrected chi connectivity index (χ0v) is 13.3. The molecule has 0 aliphatic rings. The lowest BCUT2D eigenvalue weighted by molar-refractivity contribution is -0.137. The summed E-state index contributed by atoms with van der Waals surface area (Å²) in [5.41, 5.74) is 1.01. The Labute approximate surface area is 128 Å². The smallest absolute Gasteiger partial charge is 0.330 e. The first-order chi connectivity index (χ1) is 10.3. The molecule has 0 heterocycles. The lowest BCUT2D eigenvalue weighted by Gasteiger charge is -2.17. The van der Waals surface area contributed by atoms with E-state index in [0.29, 0.717) is 6.61 Å². The van der Waals surface area contributed by atoms with Gasteiger partial charge in [0.15, 0.2) is 0 Å². The molecule has 0 saturated heterocycles. The average molecular weight is 289 g/mol. The highest BCUT2D eigenvalue weighted by Gasteiger charge is 2.00. The van der Waals surface area contributed by atoms with Crippen molar-refractivity contribution >= 4 is 12.0 Å². The average Bonchev–Trinajstić information content (AvgIpc) is 2.53. The highest BCUT2D eigenvalue weighted by Crippen LogP contribution is 2.02. The van der Waals surface area contributed by atoms with Gasteiger partial charge in [0.1, 0.15) is 0 Å². The van der Waals surface area contributed by atoms with E-state index in [4.69, 9.17) is 4.74 Å². The molecule has 0 aromatic heterocycles. The van der Waals surface area contributed by atoms with E-state index in [1.54, 1.807) is 6.08 Å². The van der Waals surface area contributed by atoms with Gasteiger partial charge in [0, 0.05) is 6.08 Å². The normalized spacial score (nSPS) is 11.2. The summed E-state index contributed by atoms with van der Waals surface area (Å²) in [6.07, 6.45) is 6.48. The van der Waals surface area contributed by atoms with Crippen LogP contribution in [-0.4, -0.2) is 37.1 Å². The summed E-state index contributed by atoms with van der Waals surface area (Å²) in [5, 5.41) is 0. The van der Waals surface area contributed by atoms with Crippen LogP contribution in [0.5, 0.6) is 0 Å². The fraction of sp³-hybridized carbons (Fsp3) is 0.500. The molecule has 1 rings (SSSR count). The van der Waals surface area contributed by atoms with Crippen LogP contribution in [0.2, 0.25) is 0 Å². The van der Waals surface area contributed by atoms with Crippen molar-refractivity contribution < 1.29 is 9.53 Å². The van der Waals surface area contributed by atoms with Crippen LogP contribution >= 0.6 is 0 Å². The van der Waals surface area contributed by atoms with E-state index in [9.17, 15) is 4.79 Å². The number of hydrogen-bond donors (Lipinski definition) is 0. The van der Waals surface area contributed by atoms with E-state index >= 15 is 0 Å². The topological polar surface area (TPSA) is 29.5 Å². The van der Waals surface area contributed by atoms with E-state index in [0.717, 1.165) is 38.0 Å². The quantitative estimate of drug-likeness (QED) is 0.373. The summed E-state index contributed by atoms with van der Waals surface area (Å²) in [6.45, 7) is 8.23. The standard InChI is InChI=1S/C18H27NO2/c1-3-19(4-2)15-9-6-10-16-21-18(20)14-13-17-11-7-5-8-12-17/h5,7-8,11-14H,3-4,6,9-10,15-16H2,1-2H3. The van der Waals surface area contributed by atoms with Gasteiger partial charge in [-0.25, -0.2) is 4.79 Å². The van der Waals surface area contributed by atoms with E-state index in [1.807, 2.05) is 30.3 Å². The monoisotopic (exact) mass is 289 g/mol. The Morgan fingerprint density at radius 2 is 1.81 bits per heavy atom. The summed E-state index contributed by atoms with van der Waals surface area (Å²) >= 11 is 0. The Morgan fingerprint density at radius 3 is 2.48 bits per heavy atom.